The van der Waals surface area contributed by atoms with E-state index in [0.29, 0.717) is 12.8 Å². The van der Waals surface area contributed by atoms with Crippen LogP contribution in [0.4, 0.5) is 0 Å². The number of rotatable bonds is 6. The summed E-state index contributed by atoms with van der Waals surface area (Å²) in [7, 11) is 3.40. The fraction of sp³-hybridized carbons (Fsp3) is 0.933. The van der Waals surface area contributed by atoms with Gasteiger partial charge in [-0.05, 0) is 31.2 Å². The van der Waals surface area contributed by atoms with E-state index >= 15 is 0 Å². The van der Waals surface area contributed by atoms with Crippen LogP contribution >= 0.6 is 0 Å². The molecule has 224 valence electrons. The number of hydrogen-bond acceptors (Lipinski definition) is 10. The van der Waals surface area contributed by atoms with Crippen LogP contribution in [0.3, 0.4) is 0 Å². The van der Waals surface area contributed by atoms with Crippen molar-refractivity contribution >= 4 is 11.9 Å². The largest absolute Gasteiger partial charge is 0.461 e. The number of aliphatic hydroxyl groups is 1. The third kappa shape index (κ3) is 2.70. The Kier molecular flexibility index (Phi) is 5.79. The van der Waals surface area contributed by atoms with Gasteiger partial charge in [0.1, 0.15) is 24.6 Å². The highest BCUT2D eigenvalue weighted by molar-refractivity contribution is 5.72. The normalized spacial score (nSPS) is 55.3. The molecule has 7 bridgehead atoms. The van der Waals surface area contributed by atoms with Gasteiger partial charge in [-0.25, -0.2) is 0 Å². The first-order valence-corrected chi connectivity index (χ1v) is 15.1. The van der Waals surface area contributed by atoms with Crippen molar-refractivity contribution in [3.63, 3.8) is 0 Å². The summed E-state index contributed by atoms with van der Waals surface area (Å²) in [5, 5.41) is 13.6. The predicted molar refractivity (Wildman–Crippen MR) is 140 cm³/mol. The van der Waals surface area contributed by atoms with E-state index in [2.05, 4.69) is 18.7 Å². The zero-order valence-corrected chi connectivity index (χ0v) is 24.8. The second-order valence-electron chi connectivity index (χ2n) is 14.2. The average Bonchev–Trinajstić information content (AvgIpc) is 3.44. The fourth-order valence-corrected chi connectivity index (χ4v) is 11.9. The lowest BCUT2D eigenvalue weighted by molar-refractivity contribution is -0.331. The maximum atomic E-state index is 13.6. The Bertz CT molecular complexity index is 1120. The number of likely N-dealkylation sites (tertiary alicyclic amines) is 1. The molecule has 7 aliphatic rings. The second kappa shape index (κ2) is 8.41. The molecular weight excluding hydrogens is 518 g/mol. The highest BCUT2D eigenvalue weighted by Crippen LogP contribution is 2.83. The number of likely N-dealkylation sites (N-methyl/N-ethyl adjacent to an activating group) is 1. The number of carbonyl (C=O) groups is 2. The lowest BCUT2D eigenvalue weighted by Gasteiger charge is -2.71. The van der Waals surface area contributed by atoms with Gasteiger partial charge in [0.05, 0.1) is 41.1 Å². The Labute approximate surface area is 236 Å². The molecule has 7 fully saturated rings. The van der Waals surface area contributed by atoms with Gasteiger partial charge in [-0.15, -0.1) is 0 Å². The number of esters is 2. The van der Waals surface area contributed by atoms with Crippen LogP contribution in [0, 0.1) is 34.5 Å². The van der Waals surface area contributed by atoms with Crippen LogP contribution in [0.15, 0.2) is 0 Å². The summed E-state index contributed by atoms with van der Waals surface area (Å²) >= 11 is 0. The van der Waals surface area contributed by atoms with Gasteiger partial charge in [-0.2, -0.15) is 0 Å². The van der Waals surface area contributed by atoms with E-state index in [0.717, 1.165) is 25.9 Å². The van der Waals surface area contributed by atoms with E-state index in [1.54, 1.807) is 14.2 Å². The predicted octanol–water partition coefficient (Wildman–Crippen LogP) is 1.90. The van der Waals surface area contributed by atoms with E-state index in [1.807, 2.05) is 13.8 Å². The Morgan fingerprint density at radius 1 is 1.10 bits per heavy atom. The van der Waals surface area contributed by atoms with Gasteiger partial charge >= 0.3 is 11.9 Å². The number of nitrogens with zero attached hydrogens (tertiary/aromatic N) is 1. The molecule has 5 saturated carbocycles. The van der Waals surface area contributed by atoms with Crippen LogP contribution in [0.5, 0.6) is 0 Å². The molecule has 0 amide bonds. The number of methoxy groups -OCH3 is 2. The van der Waals surface area contributed by atoms with Gasteiger partial charge in [0.2, 0.25) is 0 Å². The molecule has 2 aliphatic heterocycles. The molecular formula is C30H45NO9. The molecule has 5 aliphatic carbocycles. The molecule has 2 heterocycles. The maximum absolute atomic E-state index is 13.6. The van der Waals surface area contributed by atoms with Crippen molar-refractivity contribution in [1.82, 2.24) is 4.90 Å². The zero-order chi connectivity index (χ0) is 28.6. The highest BCUT2D eigenvalue weighted by atomic mass is 16.7. The van der Waals surface area contributed by atoms with Crippen molar-refractivity contribution in [1.29, 1.82) is 0 Å². The molecule has 2 saturated heterocycles. The van der Waals surface area contributed by atoms with Gasteiger partial charge in [0.15, 0.2) is 5.60 Å². The van der Waals surface area contributed by atoms with Gasteiger partial charge in [-0.1, -0.05) is 27.7 Å². The number of fused-ring (bicyclic) bond motifs is 1. The molecule has 0 aromatic rings. The van der Waals surface area contributed by atoms with Crippen LogP contribution in [0.25, 0.3) is 0 Å². The van der Waals surface area contributed by atoms with E-state index in [-0.39, 0.29) is 60.2 Å². The monoisotopic (exact) mass is 563 g/mol. The van der Waals surface area contributed by atoms with E-state index in [4.69, 9.17) is 28.4 Å². The van der Waals surface area contributed by atoms with Gasteiger partial charge < -0.3 is 33.5 Å². The quantitative estimate of drug-likeness (QED) is 0.481. The lowest BCUT2D eigenvalue weighted by Crippen LogP contribution is -2.85. The summed E-state index contributed by atoms with van der Waals surface area (Å²) in [6.45, 7) is 11.1. The molecule has 10 heteroatoms. The molecule has 0 aromatic heterocycles. The van der Waals surface area contributed by atoms with Crippen molar-refractivity contribution in [2.45, 2.75) is 108 Å². The van der Waals surface area contributed by atoms with Crippen LogP contribution in [0.2, 0.25) is 0 Å². The Balaban J connectivity index is 1.57. The number of ether oxygens (including phenoxy) is 6. The summed E-state index contributed by atoms with van der Waals surface area (Å²) in [5.41, 5.74) is -4.64. The molecule has 1 N–H and O–H groups in total. The third-order valence-electron chi connectivity index (χ3n) is 12.6. The van der Waals surface area contributed by atoms with Crippen molar-refractivity contribution in [2.75, 3.05) is 34.1 Å². The lowest BCUT2D eigenvalue weighted by atomic mass is 9.41. The maximum Gasteiger partial charge on any atom is 0.308 e. The topological polar surface area (TPSA) is 113 Å². The van der Waals surface area contributed by atoms with Gasteiger partial charge in [-0.3, -0.25) is 14.5 Å². The summed E-state index contributed by atoms with van der Waals surface area (Å²) in [6, 6.07) is -0.322. The highest BCUT2D eigenvalue weighted by Gasteiger charge is 2.98. The number of carbonyl (C=O) groups excluding carboxylic acids is 2. The first-order valence-electron chi connectivity index (χ1n) is 15.1. The van der Waals surface area contributed by atoms with Crippen molar-refractivity contribution < 1.29 is 43.1 Å². The van der Waals surface area contributed by atoms with Crippen LogP contribution < -0.4 is 0 Å². The first-order chi connectivity index (χ1) is 18.9. The Morgan fingerprint density at radius 2 is 1.85 bits per heavy atom. The smallest absolute Gasteiger partial charge is 0.308 e. The minimum Gasteiger partial charge on any atom is -0.461 e. The minimum absolute atomic E-state index is 0.00150. The SMILES string of the molecule is CCN1CC2(C)CCC(OC)C34C2C(OC(C)=O)C2(OCOC25CC(OC)C2CC3(O)C5C2OC(=O)C(C)C)C14. The molecule has 0 aromatic carbocycles. The standard InChI is InChI=1S/C30H45NO9/c1-8-31-13-26(5)10-9-19(36-7)29-22(26)23(39-16(4)32)30(25(29)31)28(37-14-38-30)12-18(35-6)17-11-27(29,34)21(28)20(17)40-24(33)15(2)3/h15,17-23,25,34H,8-14H2,1-7H3. The number of hydrogen-bond donors (Lipinski definition) is 1. The summed E-state index contributed by atoms with van der Waals surface area (Å²) in [5.74, 6) is -2.04. The number of piperidine rings is 1. The molecule has 7 rings (SSSR count). The molecule has 13 unspecified atom stereocenters. The van der Waals surface area contributed by atoms with E-state index in [9.17, 15) is 14.7 Å². The zero-order valence-electron chi connectivity index (χ0n) is 24.8. The second-order valence-corrected chi connectivity index (χ2v) is 14.2. The van der Waals surface area contributed by atoms with Gasteiger partial charge in [0, 0.05) is 45.9 Å². The van der Waals surface area contributed by atoms with E-state index < -0.39 is 40.3 Å². The molecule has 0 radical (unpaired) electrons. The van der Waals surface area contributed by atoms with Crippen LogP contribution in [-0.4, -0.2) is 103 Å². The summed E-state index contributed by atoms with van der Waals surface area (Å²) in [4.78, 5) is 28.5. The molecule has 40 heavy (non-hydrogen) atoms. The summed E-state index contributed by atoms with van der Waals surface area (Å²) in [6.07, 6.45) is 0.555. The summed E-state index contributed by atoms with van der Waals surface area (Å²) < 4.78 is 38.9. The van der Waals surface area contributed by atoms with Gasteiger partial charge in [0.25, 0.3) is 0 Å². The molecule has 13 atom stereocenters. The fourth-order valence-electron chi connectivity index (χ4n) is 11.9. The Hall–Kier alpha value is -1.30. The minimum atomic E-state index is -1.34. The Morgan fingerprint density at radius 3 is 2.48 bits per heavy atom. The third-order valence-corrected chi connectivity index (χ3v) is 12.6. The molecule has 3 spiro atoms. The molecule has 10 nitrogen and oxygen atoms in total. The van der Waals surface area contributed by atoms with Crippen LogP contribution in [-0.2, 0) is 38.0 Å². The first kappa shape index (κ1) is 27.5. The van der Waals surface area contributed by atoms with Crippen molar-refractivity contribution in [3.8, 4) is 0 Å². The van der Waals surface area contributed by atoms with E-state index in [1.165, 1.54) is 6.92 Å². The van der Waals surface area contributed by atoms with Crippen molar-refractivity contribution in [2.24, 2.45) is 34.5 Å². The van der Waals surface area contributed by atoms with Crippen molar-refractivity contribution in [3.05, 3.63) is 0 Å². The van der Waals surface area contributed by atoms with Crippen LogP contribution in [0.1, 0.15) is 60.3 Å². The average molecular weight is 564 g/mol.